The molecule has 0 radical (unpaired) electrons. The van der Waals surface area contributed by atoms with E-state index in [4.69, 9.17) is 18.9 Å². The first-order valence-corrected chi connectivity index (χ1v) is 12.5. The van der Waals surface area contributed by atoms with E-state index in [2.05, 4.69) is 10.1 Å². The molecule has 0 aliphatic carbocycles. The van der Waals surface area contributed by atoms with E-state index in [1.54, 1.807) is 43.3 Å². The summed E-state index contributed by atoms with van der Waals surface area (Å²) in [7, 11) is 1.59. The number of pyridine rings is 1. The Morgan fingerprint density at radius 3 is 2.42 bits per heavy atom. The zero-order valence-electron chi connectivity index (χ0n) is 21.2. The predicted octanol–water partition coefficient (Wildman–Crippen LogP) is 4.47. The van der Waals surface area contributed by atoms with Crippen LogP contribution >= 0.6 is 11.8 Å². The lowest BCUT2D eigenvalue weighted by Gasteiger charge is -2.21. The van der Waals surface area contributed by atoms with Crippen molar-refractivity contribution in [3.8, 4) is 17.2 Å². The number of aromatic nitrogens is 1. The number of hydrogen-bond acceptors (Lipinski definition) is 10. The molecule has 1 atom stereocenters. The number of carbonyl (C=O) groups is 3. The molecule has 0 saturated carbocycles. The highest BCUT2D eigenvalue weighted by atomic mass is 32.2. The number of ether oxygens (including phenoxy) is 4. The lowest BCUT2D eigenvalue weighted by Crippen LogP contribution is -2.26. The van der Waals surface area contributed by atoms with E-state index < -0.39 is 18.2 Å². The molecule has 0 N–H and O–H groups in total. The first-order valence-electron chi connectivity index (χ1n) is 11.5. The lowest BCUT2D eigenvalue weighted by atomic mass is 10.1. The van der Waals surface area contributed by atoms with Crippen molar-refractivity contribution < 1.29 is 33.3 Å². The summed E-state index contributed by atoms with van der Waals surface area (Å²) < 4.78 is 22.1. The van der Waals surface area contributed by atoms with Crippen molar-refractivity contribution in [2.75, 3.05) is 7.11 Å². The molecule has 0 saturated heterocycles. The van der Waals surface area contributed by atoms with E-state index in [1.165, 1.54) is 32.9 Å². The van der Waals surface area contributed by atoms with E-state index in [0.717, 1.165) is 15.6 Å². The standard InChI is InChI=1S/C27H25N3O7S/c1-16(31)30-27(22-10-9-21(35-17(2)32)14-24(22)36-18(3)33)37-26(29-30)19-8-11-23(34-4)20(13-19)15-38-25-7-5-6-12-28-25/h5-14,27H,15H2,1-4H3. The number of hydrogen-bond donors (Lipinski definition) is 0. The quantitative estimate of drug-likeness (QED) is 0.234. The highest BCUT2D eigenvalue weighted by Crippen LogP contribution is 2.38. The summed E-state index contributed by atoms with van der Waals surface area (Å²) in [6.45, 7) is 3.85. The van der Waals surface area contributed by atoms with Crippen molar-refractivity contribution >= 4 is 35.5 Å². The van der Waals surface area contributed by atoms with Crippen LogP contribution in [0, 0.1) is 0 Å². The van der Waals surface area contributed by atoms with Crippen LogP contribution in [0.2, 0.25) is 0 Å². The fourth-order valence-electron chi connectivity index (χ4n) is 3.69. The Balaban J connectivity index is 1.65. The van der Waals surface area contributed by atoms with Gasteiger partial charge in [-0.2, -0.15) is 5.01 Å². The SMILES string of the molecule is COc1ccc(C2=NN(C(C)=O)C(c3ccc(OC(C)=O)cc3OC(C)=O)O2)cc1CSc1ccccn1. The smallest absolute Gasteiger partial charge is 0.308 e. The zero-order valence-corrected chi connectivity index (χ0v) is 22.0. The fourth-order valence-corrected chi connectivity index (χ4v) is 4.53. The van der Waals surface area contributed by atoms with Crippen LogP contribution in [0.15, 0.2) is 70.9 Å². The normalized spacial score (nSPS) is 14.4. The number of methoxy groups -OCH3 is 1. The van der Waals surface area contributed by atoms with Gasteiger partial charge in [0.2, 0.25) is 18.0 Å². The number of hydrazone groups is 1. The first-order chi connectivity index (χ1) is 18.2. The Kier molecular flexibility index (Phi) is 8.27. The summed E-state index contributed by atoms with van der Waals surface area (Å²) in [6.07, 6.45) is 0.716. The van der Waals surface area contributed by atoms with Gasteiger partial charge < -0.3 is 18.9 Å². The van der Waals surface area contributed by atoms with Crippen molar-refractivity contribution in [3.05, 3.63) is 77.5 Å². The van der Waals surface area contributed by atoms with Gasteiger partial charge in [0.05, 0.1) is 17.7 Å². The molecular weight excluding hydrogens is 510 g/mol. The van der Waals surface area contributed by atoms with Crippen LogP contribution in [-0.2, 0) is 24.9 Å². The Morgan fingerprint density at radius 1 is 0.974 bits per heavy atom. The summed E-state index contributed by atoms with van der Waals surface area (Å²) in [4.78, 5) is 40.0. The van der Waals surface area contributed by atoms with Gasteiger partial charge in [-0.3, -0.25) is 14.4 Å². The van der Waals surface area contributed by atoms with Gasteiger partial charge in [-0.25, -0.2) is 4.98 Å². The second-order valence-corrected chi connectivity index (χ2v) is 9.10. The molecule has 196 valence electrons. The summed E-state index contributed by atoms with van der Waals surface area (Å²) >= 11 is 1.55. The van der Waals surface area contributed by atoms with E-state index in [9.17, 15) is 14.4 Å². The molecule has 0 fully saturated rings. The molecule has 38 heavy (non-hydrogen) atoms. The van der Waals surface area contributed by atoms with Crippen molar-refractivity contribution in [3.63, 3.8) is 0 Å². The van der Waals surface area contributed by atoms with Gasteiger partial charge in [0, 0.05) is 49.9 Å². The zero-order chi connectivity index (χ0) is 27.2. The molecule has 11 heteroatoms. The summed E-state index contributed by atoms with van der Waals surface area (Å²) in [5.74, 6) is 0.212. The van der Waals surface area contributed by atoms with E-state index >= 15 is 0 Å². The number of thioether (sulfide) groups is 1. The van der Waals surface area contributed by atoms with Gasteiger partial charge in [-0.1, -0.05) is 6.07 Å². The molecule has 1 amide bonds. The van der Waals surface area contributed by atoms with Gasteiger partial charge in [0.25, 0.3) is 0 Å². The Bertz CT molecular complexity index is 1390. The number of carbonyl (C=O) groups excluding carboxylic acids is 3. The molecule has 1 aliphatic heterocycles. The van der Waals surface area contributed by atoms with E-state index in [-0.39, 0.29) is 23.3 Å². The van der Waals surface area contributed by atoms with Crippen LogP contribution in [0.25, 0.3) is 0 Å². The molecule has 1 aliphatic rings. The molecule has 2 aromatic carbocycles. The number of rotatable bonds is 8. The number of amides is 1. The molecule has 4 rings (SSSR count). The molecule has 10 nitrogen and oxygen atoms in total. The average Bonchev–Trinajstić information content (AvgIpc) is 3.33. The second-order valence-electron chi connectivity index (χ2n) is 8.11. The van der Waals surface area contributed by atoms with Crippen LogP contribution in [-0.4, -0.2) is 40.8 Å². The molecular formula is C27H25N3O7S. The van der Waals surface area contributed by atoms with Gasteiger partial charge in [0.1, 0.15) is 17.2 Å². The number of esters is 2. The largest absolute Gasteiger partial charge is 0.496 e. The molecule has 3 aromatic rings. The predicted molar refractivity (Wildman–Crippen MR) is 139 cm³/mol. The second kappa shape index (κ2) is 11.8. The maximum Gasteiger partial charge on any atom is 0.308 e. The minimum atomic E-state index is -1.02. The molecule has 1 aromatic heterocycles. The van der Waals surface area contributed by atoms with E-state index in [0.29, 0.717) is 22.6 Å². The number of nitrogens with zero attached hydrogens (tertiary/aromatic N) is 3. The molecule has 1 unspecified atom stereocenters. The summed E-state index contributed by atoms with van der Waals surface area (Å²) in [5, 5.41) is 6.44. The average molecular weight is 536 g/mol. The Morgan fingerprint density at radius 2 is 1.76 bits per heavy atom. The Hall–Kier alpha value is -4.38. The van der Waals surface area contributed by atoms with Crippen molar-refractivity contribution in [1.29, 1.82) is 0 Å². The third-order valence-corrected chi connectivity index (χ3v) is 6.27. The van der Waals surface area contributed by atoms with Gasteiger partial charge in [-0.15, -0.1) is 16.9 Å². The van der Waals surface area contributed by atoms with Crippen molar-refractivity contribution in [1.82, 2.24) is 9.99 Å². The minimum absolute atomic E-state index is 0.0751. The monoisotopic (exact) mass is 535 g/mol. The maximum atomic E-state index is 12.5. The van der Waals surface area contributed by atoms with Crippen LogP contribution in [0.5, 0.6) is 17.2 Å². The highest BCUT2D eigenvalue weighted by molar-refractivity contribution is 7.98. The van der Waals surface area contributed by atoms with Crippen LogP contribution in [0.1, 0.15) is 43.7 Å². The molecule has 0 bridgehead atoms. The van der Waals surface area contributed by atoms with Crippen LogP contribution in [0.3, 0.4) is 0 Å². The molecule has 0 spiro atoms. The minimum Gasteiger partial charge on any atom is -0.496 e. The van der Waals surface area contributed by atoms with Gasteiger partial charge >= 0.3 is 11.9 Å². The van der Waals surface area contributed by atoms with Crippen LogP contribution in [0.4, 0.5) is 0 Å². The molecule has 2 heterocycles. The highest BCUT2D eigenvalue weighted by Gasteiger charge is 2.36. The summed E-state index contributed by atoms with van der Waals surface area (Å²) in [5.41, 5.74) is 1.86. The van der Waals surface area contributed by atoms with Gasteiger partial charge in [0.15, 0.2) is 0 Å². The lowest BCUT2D eigenvalue weighted by molar-refractivity contribution is -0.135. The van der Waals surface area contributed by atoms with Gasteiger partial charge in [-0.05, 0) is 42.5 Å². The van der Waals surface area contributed by atoms with E-state index in [1.807, 2.05) is 24.3 Å². The van der Waals surface area contributed by atoms with Crippen molar-refractivity contribution in [2.45, 2.75) is 37.8 Å². The van der Waals surface area contributed by atoms with Crippen molar-refractivity contribution in [2.24, 2.45) is 5.10 Å². The topological polar surface area (TPSA) is 117 Å². The summed E-state index contributed by atoms with van der Waals surface area (Å²) in [6, 6.07) is 15.6. The fraction of sp³-hybridized carbons (Fsp3) is 0.222. The number of benzene rings is 2. The Labute approximate surface area is 223 Å². The van der Waals surface area contributed by atoms with Crippen LogP contribution < -0.4 is 14.2 Å². The third-order valence-electron chi connectivity index (χ3n) is 5.27. The first kappa shape index (κ1) is 26.7. The third kappa shape index (κ3) is 6.30. The maximum absolute atomic E-state index is 12.5.